The number of oxime groups is 1. The molecular weight excluding hydrogens is 320 g/mol. The molecule has 0 spiro atoms. The van der Waals surface area contributed by atoms with Crippen LogP contribution in [-0.4, -0.2) is 44.4 Å². The lowest BCUT2D eigenvalue weighted by Gasteiger charge is -2.21. The van der Waals surface area contributed by atoms with Gasteiger partial charge in [0.15, 0.2) is 11.5 Å². The van der Waals surface area contributed by atoms with E-state index >= 15 is 0 Å². The highest BCUT2D eigenvalue weighted by molar-refractivity contribution is 5.94. The third-order valence-electron chi connectivity index (χ3n) is 3.84. The van der Waals surface area contributed by atoms with E-state index in [1.165, 1.54) is 7.11 Å². The molecule has 2 aromatic carbocycles. The van der Waals surface area contributed by atoms with E-state index in [4.69, 9.17) is 9.47 Å². The second-order valence-electron chi connectivity index (χ2n) is 5.68. The van der Waals surface area contributed by atoms with Crippen molar-refractivity contribution in [2.45, 2.75) is 6.54 Å². The van der Waals surface area contributed by atoms with Gasteiger partial charge in [-0.2, -0.15) is 0 Å². The molecule has 0 N–H and O–H groups in total. The number of hydrogen-bond donors (Lipinski definition) is 0. The molecule has 130 valence electrons. The van der Waals surface area contributed by atoms with Crippen LogP contribution < -0.4 is 9.47 Å². The lowest BCUT2D eigenvalue weighted by Crippen LogP contribution is -2.26. The Labute approximate surface area is 146 Å². The van der Waals surface area contributed by atoms with Gasteiger partial charge >= 0.3 is 0 Å². The van der Waals surface area contributed by atoms with Crippen LogP contribution in [0.1, 0.15) is 21.5 Å². The summed E-state index contributed by atoms with van der Waals surface area (Å²) in [4.78, 5) is 18.9. The van der Waals surface area contributed by atoms with Gasteiger partial charge in [0.25, 0.3) is 5.91 Å². The summed E-state index contributed by atoms with van der Waals surface area (Å²) in [5.74, 6) is 1.42. The summed E-state index contributed by atoms with van der Waals surface area (Å²) in [5, 5.41) is 3.70. The maximum atomic E-state index is 12.6. The molecule has 25 heavy (non-hydrogen) atoms. The highest BCUT2D eigenvalue weighted by Crippen LogP contribution is 2.31. The van der Waals surface area contributed by atoms with Crippen molar-refractivity contribution in [3.63, 3.8) is 0 Å². The smallest absolute Gasteiger partial charge is 0.253 e. The summed E-state index contributed by atoms with van der Waals surface area (Å²) in [6, 6.07) is 13.0. The molecule has 1 aliphatic heterocycles. The second kappa shape index (κ2) is 7.70. The molecule has 0 aliphatic carbocycles. The van der Waals surface area contributed by atoms with Crippen molar-refractivity contribution in [3.8, 4) is 11.5 Å². The molecule has 0 unspecified atom stereocenters. The number of ether oxygens (including phenoxy) is 2. The molecule has 6 nitrogen and oxygen atoms in total. The number of nitrogens with zero attached hydrogens (tertiary/aromatic N) is 2. The van der Waals surface area contributed by atoms with E-state index in [1.54, 1.807) is 30.3 Å². The molecule has 6 heteroatoms. The van der Waals surface area contributed by atoms with Gasteiger partial charge in [0.2, 0.25) is 0 Å². The minimum atomic E-state index is -0.0508. The first-order valence-corrected chi connectivity index (χ1v) is 7.98. The van der Waals surface area contributed by atoms with Gasteiger partial charge in [0, 0.05) is 19.2 Å². The van der Waals surface area contributed by atoms with Crippen molar-refractivity contribution in [2.75, 3.05) is 27.4 Å². The molecule has 0 aromatic heterocycles. The Balaban J connectivity index is 1.67. The Morgan fingerprint density at radius 3 is 2.60 bits per heavy atom. The van der Waals surface area contributed by atoms with Crippen LogP contribution in [0, 0.1) is 0 Å². The molecule has 0 bridgehead atoms. The number of amides is 1. The first-order chi connectivity index (χ1) is 12.2. The van der Waals surface area contributed by atoms with Crippen molar-refractivity contribution in [1.82, 2.24) is 4.90 Å². The van der Waals surface area contributed by atoms with E-state index in [0.29, 0.717) is 25.3 Å². The zero-order chi connectivity index (χ0) is 17.6. The lowest BCUT2D eigenvalue weighted by atomic mass is 10.1. The number of carbonyl (C=O) groups is 1. The van der Waals surface area contributed by atoms with Gasteiger partial charge in [-0.25, -0.2) is 0 Å². The summed E-state index contributed by atoms with van der Waals surface area (Å²) in [6.45, 7) is 1.60. The predicted octanol–water partition coefficient (Wildman–Crippen LogP) is 2.71. The van der Waals surface area contributed by atoms with Crippen LogP contribution in [0.5, 0.6) is 11.5 Å². The number of hydrogen-bond acceptors (Lipinski definition) is 5. The molecule has 3 rings (SSSR count). The molecule has 1 heterocycles. The molecule has 0 saturated carbocycles. The molecule has 0 saturated heterocycles. The summed E-state index contributed by atoms with van der Waals surface area (Å²) in [6.07, 6.45) is 1.59. The van der Waals surface area contributed by atoms with Crippen LogP contribution in [-0.2, 0) is 11.4 Å². The largest absolute Gasteiger partial charge is 0.486 e. The Hall–Kier alpha value is -3.02. The highest BCUT2D eigenvalue weighted by Gasteiger charge is 2.15. The quantitative estimate of drug-likeness (QED) is 0.620. The topological polar surface area (TPSA) is 60.4 Å². The zero-order valence-electron chi connectivity index (χ0n) is 14.3. The van der Waals surface area contributed by atoms with Gasteiger partial charge < -0.3 is 19.2 Å². The Morgan fingerprint density at radius 2 is 1.88 bits per heavy atom. The maximum absolute atomic E-state index is 12.6. The number of fused-ring (bicyclic) bond motifs is 1. The molecular formula is C19H20N2O4. The standard InChI is InChI=1S/C19H20N2O4/c1-21(13-15-5-8-17-18(11-15)25-10-9-24-17)19(22)16-6-3-14(4-7-16)12-20-23-2/h3-8,11-12H,9-10,13H2,1-2H3/b20-12+. The summed E-state index contributed by atoms with van der Waals surface area (Å²) >= 11 is 0. The van der Waals surface area contributed by atoms with Crippen molar-refractivity contribution >= 4 is 12.1 Å². The van der Waals surface area contributed by atoms with Gasteiger partial charge in [-0.1, -0.05) is 23.4 Å². The van der Waals surface area contributed by atoms with Crippen LogP contribution in [0.2, 0.25) is 0 Å². The van der Waals surface area contributed by atoms with Gasteiger partial charge in [-0.3, -0.25) is 4.79 Å². The number of benzene rings is 2. The van der Waals surface area contributed by atoms with E-state index in [-0.39, 0.29) is 5.91 Å². The SMILES string of the molecule is CO/N=C/c1ccc(C(=O)N(C)Cc2ccc3c(c2)OCCO3)cc1. The normalized spacial score (nSPS) is 12.9. The first kappa shape index (κ1) is 16.8. The lowest BCUT2D eigenvalue weighted by molar-refractivity contribution is 0.0785. The number of rotatable bonds is 5. The van der Waals surface area contributed by atoms with Crippen LogP contribution in [0.4, 0.5) is 0 Å². The van der Waals surface area contributed by atoms with Crippen molar-refractivity contribution in [2.24, 2.45) is 5.16 Å². The van der Waals surface area contributed by atoms with E-state index in [9.17, 15) is 4.79 Å². The summed E-state index contributed by atoms with van der Waals surface area (Å²) in [5.41, 5.74) is 2.48. The highest BCUT2D eigenvalue weighted by atomic mass is 16.6. The molecule has 1 amide bonds. The molecule has 1 aliphatic rings. The Morgan fingerprint density at radius 1 is 1.16 bits per heavy atom. The average Bonchev–Trinajstić information content (AvgIpc) is 2.66. The monoisotopic (exact) mass is 340 g/mol. The zero-order valence-corrected chi connectivity index (χ0v) is 14.3. The fourth-order valence-electron chi connectivity index (χ4n) is 2.58. The van der Waals surface area contributed by atoms with Gasteiger partial charge in [0.1, 0.15) is 20.3 Å². The van der Waals surface area contributed by atoms with Crippen molar-refractivity contribution in [1.29, 1.82) is 0 Å². The van der Waals surface area contributed by atoms with Gasteiger partial charge in [0.05, 0.1) is 6.21 Å². The first-order valence-electron chi connectivity index (χ1n) is 7.98. The molecule has 0 radical (unpaired) electrons. The molecule has 2 aromatic rings. The van der Waals surface area contributed by atoms with Gasteiger partial charge in [-0.15, -0.1) is 0 Å². The van der Waals surface area contributed by atoms with E-state index in [0.717, 1.165) is 22.6 Å². The van der Waals surface area contributed by atoms with E-state index < -0.39 is 0 Å². The van der Waals surface area contributed by atoms with Crippen LogP contribution in [0.15, 0.2) is 47.6 Å². The van der Waals surface area contributed by atoms with Crippen molar-refractivity contribution in [3.05, 3.63) is 59.2 Å². The van der Waals surface area contributed by atoms with Crippen LogP contribution >= 0.6 is 0 Å². The van der Waals surface area contributed by atoms with Crippen molar-refractivity contribution < 1.29 is 19.1 Å². The average molecular weight is 340 g/mol. The van der Waals surface area contributed by atoms with E-state index in [1.807, 2.05) is 30.3 Å². The number of carbonyl (C=O) groups excluding carboxylic acids is 1. The van der Waals surface area contributed by atoms with E-state index in [2.05, 4.69) is 9.99 Å². The summed E-state index contributed by atoms with van der Waals surface area (Å²) < 4.78 is 11.1. The minimum Gasteiger partial charge on any atom is -0.486 e. The Bertz CT molecular complexity index is 771. The van der Waals surface area contributed by atoms with Crippen LogP contribution in [0.25, 0.3) is 0 Å². The minimum absolute atomic E-state index is 0.0508. The fourth-order valence-corrected chi connectivity index (χ4v) is 2.58. The predicted molar refractivity (Wildman–Crippen MR) is 94.3 cm³/mol. The maximum Gasteiger partial charge on any atom is 0.253 e. The molecule has 0 fully saturated rings. The fraction of sp³-hybridized carbons (Fsp3) is 0.263. The van der Waals surface area contributed by atoms with Gasteiger partial charge in [-0.05, 0) is 35.4 Å². The summed E-state index contributed by atoms with van der Waals surface area (Å²) in [7, 11) is 3.26. The third kappa shape index (κ3) is 4.09. The molecule has 0 atom stereocenters. The second-order valence-corrected chi connectivity index (χ2v) is 5.68. The Kier molecular flexibility index (Phi) is 5.18. The van der Waals surface area contributed by atoms with Crippen LogP contribution in [0.3, 0.4) is 0 Å². The third-order valence-corrected chi connectivity index (χ3v) is 3.84.